The molecule has 2 aromatic rings. The predicted molar refractivity (Wildman–Crippen MR) is 87.7 cm³/mol. The number of furan rings is 1. The van der Waals surface area contributed by atoms with Crippen molar-refractivity contribution in [3.8, 4) is 5.75 Å². The van der Waals surface area contributed by atoms with Gasteiger partial charge in [0.05, 0.1) is 6.26 Å². The summed E-state index contributed by atoms with van der Waals surface area (Å²) >= 11 is 0. The van der Waals surface area contributed by atoms with E-state index in [1.54, 1.807) is 30.5 Å². The lowest BCUT2D eigenvalue weighted by Crippen LogP contribution is -2.32. The molecule has 0 bridgehead atoms. The number of carbonyl (C=O) groups excluding carboxylic acids is 1. The zero-order chi connectivity index (χ0) is 16.8. The van der Waals surface area contributed by atoms with Gasteiger partial charge in [-0.3, -0.25) is 9.69 Å². The molecule has 0 aliphatic heterocycles. The minimum Gasteiger partial charge on any atom is -0.491 e. The molecule has 0 radical (unpaired) electrons. The Morgan fingerprint density at radius 1 is 1.39 bits per heavy atom. The Morgan fingerprint density at radius 2 is 2.17 bits per heavy atom. The van der Waals surface area contributed by atoms with Gasteiger partial charge in [0.2, 0.25) is 0 Å². The molecule has 1 heterocycles. The van der Waals surface area contributed by atoms with E-state index in [1.807, 2.05) is 24.9 Å². The maximum absolute atomic E-state index is 11.3. The van der Waals surface area contributed by atoms with Crippen LogP contribution < -0.4 is 4.74 Å². The number of aryl methyl sites for hydroxylation is 1. The first-order valence-electron chi connectivity index (χ1n) is 7.59. The van der Waals surface area contributed by atoms with Crippen LogP contribution in [-0.2, 0) is 6.54 Å². The minimum atomic E-state index is -0.617. The lowest BCUT2D eigenvalue weighted by Gasteiger charge is -2.20. The van der Waals surface area contributed by atoms with Crippen molar-refractivity contribution in [2.75, 3.05) is 20.2 Å². The molecule has 0 fully saturated rings. The van der Waals surface area contributed by atoms with Gasteiger partial charge in [0, 0.05) is 24.2 Å². The maximum atomic E-state index is 11.3. The fourth-order valence-electron chi connectivity index (χ4n) is 2.34. The third kappa shape index (κ3) is 5.23. The normalized spacial score (nSPS) is 12.4. The van der Waals surface area contributed by atoms with Crippen LogP contribution >= 0.6 is 0 Å². The van der Waals surface area contributed by atoms with Crippen LogP contribution in [0.25, 0.3) is 0 Å². The fraction of sp³-hybridized carbons (Fsp3) is 0.389. The molecule has 1 N–H and O–H groups in total. The Hall–Kier alpha value is -2.11. The third-order valence-corrected chi connectivity index (χ3v) is 3.61. The average molecular weight is 317 g/mol. The second kappa shape index (κ2) is 7.94. The van der Waals surface area contributed by atoms with E-state index in [4.69, 9.17) is 9.15 Å². The maximum Gasteiger partial charge on any atom is 0.159 e. The van der Waals surface area contributed by atoms with Gasteiger partial charge in [0.25, 0.3) is 0 Å². The van der Waals surface area contributed by atoms with Gasteiger partial charge in [-0.25, -0.2) is 0 Å². The van der Waals surface area contributed by atoms with Crippen molar-refractivity contribution in [3.63, 3.8) is 0 Å². The number of ether oxygens (including phenoxy) is 1. The Labute approximate surface area is 136 Å². The molecule has 5 heteroatoms. The summed E-state index contributed by atoms with van der Waals surface area (Å²) in [6.45, 7) is 4.80. The molecule has 1 unspecified atom stereocenters. The standard InChI is InChI=1S/C18H23NO4/c1-13(20)15-5-4-6-18(9-15)23-12-17(21)11-19(3)10-16-7-8-22-14(16)2/h4-9,17,21H,10-12H2,1-3H3. The zero-order valence-corrected chi connectivity index (χ0v) is 13.8. The van der Waals surface area contributed by atoms with Gasteiger partial charge in [0.1, 0.15) is 24.2 Å². The first kappa shape index (κ1) is 17.2. The second-order valence-electron chi connectivity index (χ2n) is 5.75. The molecule has 23 heavy (non-hydrogen) atoms. The van der Waals surface area contributed by atoms with Crippen LogP contribution in [-0.4, -0.2) is 42.1 Å². The quantitative estimate of drug-likeness (QED) is 0.758. The molecule has 1 aromatic carbocycles. The highest BCUT2D eigenvalue weighted by molar-refractivity contribution is 5.94. The lowest BCUT2D eigenvalue weighted by molar-refractivity contribution is 0.0742. The van der Waals surface area contributed by atoms with Crippen molar-refractivity contribution in [1.82, 2.24) is 4.90 Å². The van der Waals surface area contributed by atoms with Crippen LogP contribution in [0.3, 0.4) is 0 Å². The Kier molecular flexibility index (Phi) is 5.96. The summed E-state index contributed by atoms with van der Waals surface area (Å²) in [7, 11) is 1.94. The van der Waals surface area contributed by atoms with E-state index in [1.165, 1.54) is 6.92 Å². The van der Waals surface area contributed by atoms with Gasteiger partial charge in [0.15, 0.2) is 5.78 Å². The molecule has 2 rings (SSSR count). The number of rotatable bonds is 8. The zero-order valence-electron chi connectivity index (χ0n) is 13.8. The van der Waals surface area contributed by atoms with E-state index in [0.717, 1.165) is 11.3 Å². The van der Waals surface area contributed by atoms with Crippen molar-refractivity contribution < 1.29 is 19.1 Å². The number of benzene rings is 1. The number of likely N-dealkylation sites (N-methyl/N-ethyl adjacent to an activating group) is 1. The summed E-state index contributed by atoms with van der Waals surface area (Å²) in [5, 5.41) is 10.1. The number of aliphatic hydroxyl groups is 1. The Bertz CT molecular complexity index is 650. The summed E-state index contributed by atoms with van der Waals surface area (Å²) in [5.41, 5.74) is 1.71. The van der Waals surface area contributed by atoms with Gasteiger partial charge in [-0.1, -0.05) is 12.1 Å². The van der Waals surface area contributed by atoms with Crippen molar-refractivity contribution >= 4 is 5.78 Å². The Balaban J connectivity index is 1.80. The van der Waals surface area contributed by atoms with Gasteiger partial charge >= 0.3 is 0 Å². The van der Waals surface area contributed by atoms with Crippen LogP contribution in [0.1, 0.15) is 28.6 Å². The smallest absolute Gasteiger partial charge is 0.159 e. The minimum absolute atomic E-state index is 0.00814. The van der Waals surface area contributed by atoms with E-state index in [2.05, 4.69) is 0 Å². The topological polar surface area (TPSA) is 62.9 Å². The molecule has 1 atom stereocenters. The number of carbonyl (C=O) groups is 1. The number of hydrogen-bond donors (Lipinski definition) is 1. The monoisotopic (exact) mass is 317 g/mol. The second-order valence-corrected chi connectivity index (χ2v) is 5.75. The van der Waals surface area contributed by atoms with Gasteiger partial charge in [-0.05, 0) is 39.1 Å². The number of ketones is 1. The average Bonchev–Trinajstić information content (AvgIpc) is 2.90. The van der Waals surface area contributed by atoms with Crippen LogP contribution in [0, 0.1) is 6.92 Å². The summed E-state index contributed by atoms with van der Waals surface area (Å²) in [4.78, 5) is 13.4. The first-order chi connectivity index (χ1) is 11.0. The molecule has 0 saturated carbocycles. The van der Waals surface area contributed by atoms with Crippen molar-refractivity contribution in [3.05, 3.63) is 53.5 Å². The highest BCUT2D eigenvalue weighted by Crippen LogP contribution is 2.15. The summed E-state index contributed by atoms with van der Waals surface area (Å²) in [6, 6.07) is 8.91. The van der Waals surface area contributed by atoms with E-state index >= 15 is 0 Å². The highest BCUT2D eigenvalue weighted by Gasteiger charge is 2.12. The van der Waals surface area contributed by atoms with Crippen LogP contribution in [0.15, 0.2) is 41.0 Å². The molecular formula is C18H23NO4. The van der Waals surface area contributed by atoms with Gasteiger partial charge < -0.3 is 14.3 Å². The van der Waals surface area contributed by atoms with Crippen LogP contribution in [0.4, 0.5) is 0 Å². The van der Waals surface area contributed by atoms with Gasteiger partial charge in [-0.2, -0.15) is 0 Å². The SMILES string of the molecule is CC(=O)c1cccc(OCC(O)CN(C)Cc2ccoc2C)c1. The highest BCUT2D eigenvalue weighted by atomic mass is 16.5. The molecule has 0 saturated heterocycles. The molecule has 0 aliphatic rings. The summed E-state index contributed by atoms with van der Waals surface area (Å²) in [5.74, 6) is 1.47. The molecule has 124 valence electrons. The van der Waals surface area contributed by atoms with Crippen LogP contribution in [0.5, 0.6) is 5.75 Å². The number of aliphatic hydroxyl groups excluding tert-OH is 1. The lowest BCUT2D eigenvalue weighted by atomic mass is 10.1. The van der Waals surface area contributed by atoms with E-state index in [9.17, 15) is 9.90 Å². The van der Waals surface area contributed by atoms with Crippen molar-refractivity contribution in [2.45, 2.75) is 26.5 Å². The third-order valence-electron chi connectivity index (χ3n) is 3.61. The predicted octanol–water partition coefficient (Wildman–Crippen LogP) is 2.66. The van der Waals surface area contributed by atoms with E-state index in [0.29, 0.717) is 24.4 Å². The molecule has 1 aromatic heterocycles. The van der Waals surface area contributed by atoms with Gasteiger partial charge in [-0.15, -0.1) is 0 Å². The molecule has 0 amide bonds. The molecule has 5 nitrogen and oxygen atoms in total. The van der Waals surface area contributed by atoms with Crippen molar-refractivity contribution in [2.24, 2.45) is 0 Å². The number of hydrogen-bond acceptors (Lipinski definition) is 5. The molecule has 0 aliphatic carbocycles. The van der Waals surface area contributed by atoms with E-state index in [-0.39, 0.29) is 12.4 Å². The first-order valence-corrected chi connectivity index (χ1v) is 7.59. The molecule has 0 spiro atoms. The summed E-state index contributed by atoms with van der Waals surface area (Å²) in [6.07, 6.45) is 1.05. The Morgan fingerprint density at radius 3 is 2.83 bits per heavy atom. The van der Waals surface area contributed by atoms with E-state index < -0.39 is 6.10 Å². The fourth-order valence-corrected chi connectivity index (χ4v) is 2.34. The van der Waals surface area contributed by atoms with Crippen LogP contribution in [0.2, 0.25) is 0 Å². The van der Waals surface area contributed by atoms with Crippen molar-refractivity contribution in [1.29, 1.82) is 0 Å². The summed E-state index contributed by atoms with van der Waals surface area (Å²) < 4.78 is 10.8. The number of nitrogens with zero attached hydrogens (tertiary/aromatic N) is 1. The number of Topliss-reactive ketones (excluding diaryl/α,β-unsaturated/α-hetero) is 1. The molecular weight excluding hydrogens is 294 g/mol. The largest absolute Gasteiger partial charge is 0.491 e.